The highest BCUT2D eigenvalue weighted by Gasteiger charge is 2.40. The van der Waals surface area contributed by atoms with Crippen LogP contribution in [0.3, 0.4) is 0 Å². The summed E-state index contributed by atoms with van der Waals surface area (Å²) in [6, 6.07) is 39.4. The molecule has 0 aliphatic carbocycles. The molecule has 0 N–H and O–H groups in total. The Morgan fingerprint density at radius 3 is 1.45 bits per heavy atom. The van der Waals surface area contributed by atoms with Crippen LogP contribution in [-0.4, -0.2) is 16.4 Å². The van der Waals surface area contributed by atoms with Crippen molar-refractivity contribution in [1.82, 2.24) is 4.57 Å². The molecule has 2 amide bonds. The summed E-state index contributed by atoms with van der Waals surface area (Å²) in [5.74, 6) is -1.11. The molecule has 0 spiro atoms. The first-order valence-electron chi connectivity index (χ1n) is 18.3. The molecule has 1 aliphatic heterocycles. The molecular formula is C48H30F6N2O2. The molecule has 1 aliphatic rings. The number of anilines is 1. The zero-order valence-electron chi connectivity index (χ0n) is 30.8. The summed E-state index contributed by atoms with van der Waals surface area (Å²) in [5, 5.41) is 0.925. The molecule has 9 rings (SSSR count). The van der Waals surface area contributed by atoms with Gasteiger partial charge in [0, 0.05) is 10.8 Å². The molecule has 0 unspecified atom stereocenters. The quantitative estimate of drug-likeness (QED) is 0.129. The number of benzene rings is 7. The van der Waals surface area contributed by atoms with Gasteiger partial charge in [-0.1, -0.05) is 84.9 Å². The Labute approximate surface area is 328 Å². The lowest BCUT2D eigenvalue weighted by atomic mass is 9.92. The van der Waals surface area contributed by atoms with Crippen molar-refractivity contribution in [2.24, 2.45) is 0 Å². The SMILES string of the molecule is Cc1cc(-c2cccc3c2c2c(-c4cc(C)cc(C(F)(F)F)c4)cccc2n3-c2cccc3c2C(=O)N(c2ccc(-c4ccccc4)cc2)C3=O)cc(C(F)(F)F)c1. The van der Waals surface area contributed by atoms with Crippen molar-refractivity contribution < 1.29 is 35.9 Å². The van der Waals surface area contributed by atoms with Crippen LogP contribution in [0, 0.1) is 13.8 Å². The van der Waals surface area contributed by atoms with Gasteiger partial charge >= 0.3 is 12.4 Å². The normalized spacial score (nSPS) is 13.2. The van der Waals surface area contributed by atoms with Crippen molar-refractivity contribution in [2.75, 3.05) is 4.90 Å². The van der Waals surface area contributed by atoms with E-state index in [1.807, 2.05) is 42.5 Å². The van der Waals surface area contributed by atoms with Crippen molar-refractivity contribution in [1.29, 1.82) is 0 Å². The minimum Gasteiger partial charge on any atom is -0.308 e. The van der Waals surface area contributed by atoms with E-state index < -0.39 is 35.3 Å². The number of carbonyl (C=O) groups is 2. The largest absolute Gasteiger partial charge is 0.416 e. The lowest BCUT2D eigenvalue weighted by molar-refractivity contribution is -0.138. The van der Waals surface area contributed by atoms with Gasteiger partial charge in [0.15, 0.2) is 0 Å². The third kappa shape index (κ3) is 6.03. The number of rotatable bonds is 5. The molecular weight excluding hydrogens is 751 g/mol. The van der Waals surface area contributed by atoms with Crippen LogP contribution in [0.15, 0.2) is 146 Å². The third-order valence-corrected chi connectivity index (χ3v) is 10.6. The molecule has 7 aromatic carbocycles. The number of alkyl halides is 6. The van der Waals surface area contributed by atoms with Crippen LogP contribution in [0.4, 0.5) is 32.0 Å². The lowest BCUT2D eigenvalue weighted by Crippen LogP contribution is -2.29. The molecule has 2 heterocycles. The first-order valence-corrected chi connectivity index (χ1v) is 18.3. The Balaban J connectivity index is 1.31. The number of nitrogens with zero attached hydrogens (tertiary/aromatic N) is 2. The Morgan fingerprint density at radius 2 is 0.931 bits per heavy atom. The average Bonchev–Trinajstić information content (AvgIpc) is 3.67. The van der Waals surface area contributed by atoms with Gasteiger partial charge in [-0.15, -0.1) is 0 Å². The van der Waals surface area contributed by atoms with Crippen LogP contribution >= 0.6 is 0 Å². The van der Waals surface area contributed by atoms with Crippen molar-refractivity contribution in [3.63, 3.8) is 0 Å². The first-order chi connectivity index (χ1) is 27.7. The van der Waals surface area contributed by atoms with Crippen LogP contribution in [0.1, 0.15) is 43.0 Å². The molecule has 286 valence electrons. The first kappa shape index (κ1) is 36.7. The van der Waals surface area contributed by atoms with E-state index in [1.165, 1.54) is 0 Å². The van der Waals surface area contributed by atoms with Gasteiger partial charge in [-0.3, -0.25) is 9.59 Å². The molecule has 1 aromatic heterocycles. The van der Waals surface area contributed by atoms with Crippen LogP contribution in [-0.2, 0) is 12.4 Å². The van der Waals surface area contributed by atoms with E-state index in [9.17, 15) is 35.9 Å². The molecule has 0 bridgehead atoms. The minimum atomic E-state index is -4.64. The van der Waals surface area contributed by atoms with E-state index in [-0.39, 0.29) is 22.3 Å². The van der Waals surface area contributed by atoms with E-state index in [4.69, 9.17) is 0 Å². The standard InChI is InChI=1S/C48H30F6N2O2/c1-27-21-31(25-33(23-27)47(49,50)51)36-11-6-14-39-42(36)43-37(32-22-28(2)24-34(26-32)48(52,53)54)12-7-15-40(43)56(39)41-16-8-13-38-44(41)46(58)55(45(38)57)35-19-17-30(18-20-35)29-9-4-3-5-10-29/h3-26H,1-2H3. The summed E-state index contributed by atoms with van der Waals surface area (Å²) < 4.78 is 87.0. The van der Waals surface area contributed by atoms with E-state index in [2.05, 4.69) is 0 Å². The molecule has 4 nitrogen and oxygen atoms in total. The van der Waals surface area contributed by atoms with E-state index in [0.717, 1.165) is 40.3 Å². The Kier molecular flexibility index (Phi) is 8.43. The summed E-state index contributed by atoms with van der Waals surface area (Å²) in [5.41, 5.74) is 4.09. The van der Waals surface area contributed by atoms with Gasteiger partial charge in [0.1, 0.15) is 0 Å². The third-order valence-electron chi connectivity index (χ3n) is 10.6. The number of fused-ring (bicyclic) bond motifs is 4. The van der Waals surface area contributed by atoms with Gasteiger partial charge in [-0.05, 0) is 119 Å². The summed E-state index contributed by atoms with van der Waals surface area (Å²) in [7, 11) is 0. The molecule has 0 saturated heterocycles. The second kappa shape index (κ2) is 13.3. The topological polar surface area (TPSA) is 42.3 Å². The second-order valence-corrected chi connectivity index (χ2v) is 14.5. The highest BCUT2D eigenvalue weighted by Crippen LogP contribution is 2.46. The molecule has 0 fully saturated rings. The van der Waals surface area contributed by atoms with Crippen LogP contribution in [0.2, 0.25) is 0 Å². The van der Waals surface area contributed by atoms with Crippen molar-refractivity contribution in [3.8, 4) is 39.1 Å². The Hall–Kier alpha value is -6.94. The maximum absolute atomic E-state index is 14.5. The average molecular weight is 781 g/mol. The molecule has 0 atom stereocenters. The molecule has 0 saturated carbocycles. The molecule has 58 heavy (non-hydrogen) atoms. The van der Waals surface area contributed by atoms with E-state index >= 15 is 0 Å². The maximum atomic E-state index is 14.5. The summed E-state index contributed by atoms with van der Waals surface area (Å²) in [4.78, 5) is 29.8. The van der Waals surface area contributed by atoms with Crippen LogP contribution in [0.25, 0.3) is 60.9 Å². The molecule has 0 radical (unpaired) electrons. The van der Waals surface area contributed by atoms with Gasteiger partial charge in [0.25, 0.3) is 11.8 Å². The van der Waals surface area contributed by atoms with Crippen LogP contribution < -0.4 is 4.90 Å². The minimum absolute atomic E-state index is 0.110. The Morgan fingerprint density at radius 1 is 0.448 bits per heavy atom. The number of imide groups is 1. The highest BCUT2D eigenvalue weighted by molar-refractivity contribution is 6.36. The monoisotopic (exact) mass is 780 g/mol. The second-order valence-electron chi connectivity index (χ2n) is 14.5. The zero-order chi connectivity index (χ0) is 40.7. The fraction of sp³-hybridized carbons (Fsp3) is 0.0833. The summed E-state index contributed by atoms with van der Waals surface area (Å²) in [6.07, 6.45) is -9.29. The van der Waals surface area contributed by atoms with Gasteiger partial charge in [0.05, 0.1) is 44.7 Å². The number of amides is 2. The van der Waals surface area contributed by atoms with Crippen molar-refractivity contribution in [2.45, 2.75) is 26.2 Å². The maximum Gasteiger partial charge on any atom is 0.416 e. The van der Waals surface area contributed by atoms with Gasteiger partial charge in [-0.2, -0.15) is 26.3 Å². The number of aryl methyl sites for hydroxylation is 2. The number of halogens is 6. The summed E-state index contributed by atoms with van der Waals surface area (Å²) >= 11 is 0. The highest BCUT2D eigenvalue weighted by atomic mass is 19.4. The van der Waals surface area contributed by atoms with E-state index in [1.54, 1.807) is 97.3 Å². The van der Waals surface area contributed by atoms with Crippen molar-refractivity contribution >= 4 is 39.3 Å². The van der Waals surface area contributed by atoms with Crippen molar-refractivity contribution in [3.05, 3.63) is 179 Å². The molecule has 10 heteroatoms. The van der Waals surface area contributed by atoms with Gasteiger partial charge in [0.2, 0.25) is 0 Å². The van der Waals surface area contributed by atoms with Gasteiger partial charge < -0.3 is 4.57 Å². The fourth-order valence-corrected chi connectivity index (χ4v) is 8.18. The number of hydrogen-bond acceptors (Lipinski definition) is 2. The lowest BCUT2D eigenvalue weighted by Gasteiger charge is -2.15. The smallest absolute Gasteiger partial charge is 0.308 e. The predicted molar refractivity (Wildman–Crippen MR) is 214 cm³/mol. The zero-order valence-corrected chi connectivity index (χ0v) is 30.8. The molecule has 8 aromatic rings. The van der Waals surface area contributed by atoms with E-state index in [0.29, 0.717) is 55.4 Å². The predicted octanol–water partition coefficient (Wildman–Crippen LogP) is 13.2. The Bertz CT molecular complexity index is 2860. The fourth-order valence-electron chi connectivity index (χ4n) is 8.18. The van der Waals surface area contributed by atoms with Crippen LogP contribution in [0.5, 0.6) is 0 Å². The van der Waals surface area contributed by atoms with Gasteiger partial charge in [-0.25, -0.2) is 4.90 Å². The number of carbonyl (C=O) groups excluding carboxylic acids is 2. The number of aromatic nitrogens is 1. The summed E-state index contributed by atoms with van der Waals surface area (Å²) in [6.45, 7) is 3.13. The number of hydrogen-bond donors (Lipinski definition) is 0.